The van der Waals surface area contributed by atoms with Crippen molar-refractivity contribution in [3.63, 3.8) is 0 Å². The van der Waals surface area contributed by atoms with E-state index < -0.39 is 63.4 Å². The molecule has 0 aliphatic rings. The molecule has 3 amide bonds. The maximum atomic E-state index is 15.3. The van der Waals surface area contributed by atoms with E-state index >= 15 is 4.79 Å². The van der Waals surface area contributed by atoms with E-state index in [1.165, 1.54) is 46.5 Å². The third-order valence-electron chi connectivity index (χ3n) is 7.20. The summed E-state index contributed by atoms with van der Waals surface area (Å²) in [6.45, 7) is 0. The maximum absolute atomic E-state index is 15.3. The Morgan fingerprint density at radius 2 is 1.31 bits per heavy atom. The number of thiazole rings is 1. The molecule has 3 aromatic carbocycles. The first-order valence-electron chi connectivity index (χ1n) is 13.8. The normalized spacial score (nSPS) is 13.3. The molecule has 2 aromatic heterocycles. The van der Waals surface area contributed by atoms with E-state index in [4.69, 9.17) is 5.73 Å². The molecular weight excluding hydrogens is 679 g/mol. The van der Waals surface area contributed by atoms with Gasteiger partial charge in [0.05, 0.1) is 0 Å². The maximum Gasteiger partial charge on any atom is 0.253 e. The fraction of sp³-hybridized carbons (Fsp3) is 0.0625. The van der Waals surface area contributed by atoms with Crippen molar-refractivity contribution in [2.75, 3.05) is 5.73 Å². The molecule has 0 aliphatic heterocycles. The molecule has 0 saturated carbocycles. The average Bonchev–Trinajstić information content (AvgIpc) is 3.77. The van der Waals surface area contributed by atoms with E-state index in [-0.39, 0.29) is 39.4 Å². The van der Waals surface area contributed by atoms with Crippen molar-refractivity contribution in [1.82, 2.24) is 20.9 Å². The molecular formula is C32H25N5O10S2. The Bertz CT molecular complexity index is 2060. The van der Waals surface area contributed by atoms with Crippen LogP contribution in [0.1, 0.15) is 42.3 Å². The molecule has 10 N–H and O–H groups in total. The SMILES string of the molecule is Nc1nc(C(NC(=O)c2ccc(O)cc2)(NC(=O)c2ccc(O)c(O)c2)C(=O)C(C=O)(NC(=O)c2cc(O)cc(O)c2)c2ccsc2)cs1. The van der Waals surface area contributed by atoms with Gasteiger partial charge in [-0.25, -0.2) is 4.98 Å². The highest BCUT2D eigenvalue weighted by Gasteiger charge is 2.57. The van der Waals surface area contributed by atoms with E-state index in [1.54, 1.807) is 0 Å². The quantitative estimate of drug-likeness (QED) is 0.0416. The second-order valence-corrected chi connectivity index (χ2v) is 12.1. The van der Waals surface area contributed by atoms with Gasteiger partial charge >= 0.3 is 0 Å². The molecule has 0 saturated heterocycles. The molecule has 0 fully saturated rings. The molecule has 0 bridgehead atoms. The lowest BCUT2D eigenvalue weighted by atomic mass is 9.79. The molecule has 2 atom stereocenters. The number of phenolic OH excluding ortho intramolecular Hbond substituents is 5. The number of thiophene rings is 1. The van der Waals surface area contributed by atoms with Gasteiger partial charge in [0, 0.05) is 33.7 Å². The molecule has 15 nitrogen and oxygen atoms in total. The first-order valence-corrected chi connectivity index (χ1v) is 15.7. The van der Waals surface area contributed by atoms with Gasteiger partial charge in [-0.05, 0) is 71.4 Å². The molecule has 5 aromatic rings. The molecule has 0 spiro atoms. The van der Waals surface area contributed by atoms with Crippen LogP contribution in [-0.2, 0) is 20.8 Å². The van der Waals surface area contributed by atoms with Gasteiger partial charge in [-0.2, -0.15) is 11.3 Å². The monoisotopic (exact) mass is 703 g/mol. The van der Waals surface area contributed by atoms with Crippen molar-refractivity contribution in [3.8, 4) is 28.7 Å². The first kappa shape index (κ1) is 33.9. The number of nitrogen functional groups attached to an aromatic ring is 1. The fourth-order valence-electron chi connectivity index (χ4n) is 4.78. The minimum atomic E-state index is -2.83. The Kier molecular flexibility index (Phi) is 9.23. The van der Waals surface area contributed by atoms with Crippen LogP contribution in [0.25, 0.3) is 0 Å². The molecule has 5 rings (SSSR count). The molecule has 0 radical (unpaired) electrons. The number of carbonyl (C=O) groups excluding carboxylic acids is 5. The number of anilines is 1. The molecule has 2 unspecified atom stereocenters. The van der Waals surface area contributed by atoms with Crippen molar-refractivity contribution in [2.24, 2.45) is 0 Å². The third kappa shape index (κ3) is 6.69. The minimum absolute atomic E-state index is 0.0771. The van der Waals surface area contributed by atoms with E-state index in [9.17, 15) is 44.7 Å². The first-order chi connectivity index (χ1) is 23.3. The number of aromatic hydroxyl groups is 5. The summed E-state index contributed by atoms with van der Waals surface area (Å²) < 4.78 is 0. The van der Waals surface area contributed by atoms with Gasteiger partial charge in [0.25, 0.3) is 17.7 Å². The van der Waals surface area contributed by atoms with Crippen molar-refractivity contribution in [3.05, 3.63) is 111 Å². The predicted molar refractivity (Wildman–Crippen MR) is 175 cm³/mol. The number of hydrogen-bond donors (Lipinski definition) is 9. The number of hydrogen-bond acceptors (Lipinski definition) is 14. The number of benzene rings is 3. The largest absolute Gasteiger partial charge is 0.508 e. The van der Waals surface area contributed by atoms with Crippen LogP contribution in [-0.4, -0.2) is 60.3 Å². The summed E-state index contributed by atoms with van der Waals surface area (Å²) in [6, 6.07) is 11.9. The number of carbonyl (C=O) groups is 5. The summed E-state index contributed by atoms with van der Waals surface area (Å²) in [4.78, 5) is 74.1. The van der Waals surface area contributed by atoms with E-state index in [0.29, 0.717) is 0 Å². The lowest BCUT2D eigenvalue weighted by molar-refractivity contribution is -0.137. The van der Waals surface area contributed by atoms with Crippen LogP contribution >= 0.6 is 22.7 Å². The minimum Gasteiger partial charge on any atom is -0.508 e. The van der Waals surface area contributed by atoms with E-state index in [1.807, 2.05) is 0 Å². The van der Waals surface area contributed by atoms with Crippen LogP contribution in [0.5, 0.6) is 28.7 Å². The number of rotatable bonds is 11. The van der Waals surface area contributed by atoms with Gasteiger partial charge in [0.2, 0.25) is 11.4 Å². The smallest absolute Gasteiger partial charge is 0.253 e. The van der Waals surface area contributed by atoms with Gasteiger partial charge in [0.15, 0.2) is 28.5 Å². The summed E-state index contributed by atoms with van der Waals surface area (Å²) >= 11 is 1.84. The third-order valence-corrected chi connectivity index (χ3v) is 8.56. The number of aldehydes is 1. The van der Waals surface area contributed by atoms with Crippen LogP contribution in [0.3, 0.4) is 0 Å². The molecule has 49 heavy (non-hydrogen) atoms. The summed E-state index contributed by atoms with van der Waals surface area (Å²) in [6.07, 6.45) is 0.0771. The standard InChI is InChI=1S/C32H25N5O10S2/c33-30-34-25(14-49-30)32(36-26(44)16-1-4-20(39)5-2-16,37-27(45)17-3-6-23(42)24(43)11-17)29(47)31(15-38,19-7-8-48-13-19)35-28(46)18-9-21(40)12-22(41)10-18/h1-15,39-43H,(H2,33,34)(H,35,46)(H,36,44)(H,37,45). The summed E-state index contributed by atoms with van der Waals surface area (Å²) in [7, 11) is 0. The van der Waals surface area contributed by atoms with E-state index in [0.717, 1.165) is 59.1 Å². The zero-order valence-electron chi connectivity index (χ0n) is 24.8. The Morgan fingerprint density at radius 3 is 1.86 bits per heavy atom. The van der Waals surface area contributed by atoms with Gasteiger partial charge in [-0.15, -0.1) is 11.3 Å². The van der Waals surface area contributed by atoms with Crippen molar-refractivity contribution in [2.45, 2.75) is 11.2 Å². The predicted octanol–water partition coefficient (Wildman–Crippen LogP) is 2.42. The Morgan fingerprint density at radius 1 is 0.694 bits per heavy atom. The Balaban J connectivity index is 1.74. The van der Waals surface area contributed by atoms with Crippen molar-refractivity contribution < 1.29 is 49.5 Å². The van der Waals surface area contributed by atoms with Crippen LogP contribution in [0.2, 0.25) is 0 Å². The van der Waals surface area contributed by atoms with Gasteiger partial charge < -0.3 is 47.2 Å². The topological polar surface area (TPSA) is 261 Å². The average molecular weight is 704 g/mol. The number of nitrogens with zero attached hydrogens (tertiary/aromatic N) is 1. The number of amides is 3. The number of nitrogens with two attached hydrogens (primary N) is 1. The zero-order chi connectivity index (χ0) is 35.5. The van der Waals surface area contributed by atoms with Crippen LogP contribution in [0, 0.1) is 0 Å². The summed E-state index contributed by atoms with van der Waals surface area (Å²) in [5.74, 6) is -7.14. The van der Waals surface area contributed by atoms with Crippen molar-refractivity contribution >= 4 is 57.6 Å². The second-order valence-electron chi connectivity index (χ2n) is 10.4. The molecule has 17 heteroatoms. The Labute approximate surface area is 283 Å². The van der Waals surface area contributed by atoms with Gasteiger partial charge in [0.1, 0.15) is 22.9 Å². The second kappa shape index (κ2) is 13.3. The number of Topliss-reactive ketones (excluding diaryl/α,β-unsaturated/α-hetero) is 1. The van der Waals surface area contributed by atoms with Crippen molar-refractivity contribution in [1.29, 1.82) is 0 Å². The summed E-state index contributed by atoms with van der Waals surface area (Å²) in [5.41, 5.74) is -0.935. The Hall–Kier alpha value is -6.46. The number of phenols is 5. The van der Waals surface area contributed by atoms with Gasteiger partial charge in [-0.3, -0.25) is 24.0 Å². The van der Waals surface area contributed by atoms with Crippen LogP contribution < -0.4 is 21.7 Å². The summed E-state index contributed by atoms with van der Waals surface area (Å²) in [5, 5.41) is 60.8. The van der Waals surface area contributed by atoms with Crippen LogP contribution in [0.15, 0.2) is 82.9 Å². The van der Waals surface area contributed by atoms with Crippen LogP contribution in [0.4, 0.5) is 5.13 Å². The highest BCUT2D eigenvalue weighted by molar-refractivity contribution is 7.13. The number of ketones is 1. The highest BCUT2D eigenvalue weighted by Crippen LogP contribution is 2.35. The van der Waals surface area contributed by atoms with E-state index in [2.05, 4.69) is 20.9 Å². The number of aromatic nitrogens is 1. The lowest BCUT2D eigenvalue weighted by Gasteiger charge is -2.39. The molecule has 250 valence electrons. The highest BCUT2D eigenvalue weighted by atomic mass is 32.1. The van der Waals surface area contributed by atoms with Gasteiger partial charge in [-0.1, -0.05) is 0 Å². The lowest BCUT2D eigenvalue weighted by Crippen LogP contribution is -2.70. The zero-order valence-corrected chi connectivity index (χ0v) is 26.4. The molecule has 0 aliphatic carbocycles. The molecule has 2 heterocycles. The number of nitrogens with one attached hydrogen (secondary N) is 3. The fourth-order valence-corrected chi connectivity index (χ4v) is 6.11.